The molecular weight excluding hydrogens is 430 g/mol. The van der Waals surface area contributed by atoms with Crippen LogP contribution in [-0.2, 0) is 6.54 Å². The molecule has 3 heterocycles. The second-order valence-electron chi connectivity index (χ2n) is 10.2. The third kappa shape index (κ3) is 4.03. The molecule has 1 aromatic heterocycles. The van der Waals surface area contributed by atoms with Gasteiger partial charge in [0.1, 0.15) is 5.69 Å². The van der Waals surface area contributed by atoms with Gasteiger partial charge in [0, 0.05) is 50.5 Å². The molecule has 1 spiro atoms. The number of hydrogen-bond acceptors (Lipinski definition) is 5. The fraction of sp³-hybridized carbons (Fsp3) is 0.577. The molecule has 1 unspecified atom stereocenters. The molecular formula is C26H35N5O3. The zero-order valence-corrected chi connectivity index (χ0v) is 19.9. The van der Waals surface area contributed by atoms with Crippen LogP contribution in [0.4, 0.5) is 4.79 Å². The van der Waals surface area contributed by atoms with E-state index in [0.29, 0.717) is 31.7 Å². The van der Waals surface area contributed by atoms with Crippen LogP contribution in [0.3, 0.4) is 0 Å². The van der Waals surface area contributed by atoms with Gasteiger partial charge in [-0.15, -0.1) is 0 Å². The number of aryl methyl sites for hydroxylation is 1. The van der Waals surface area contributed by atoms with E-state index in [0.717, 1.165) is 44.3 Å². The summed E-state index contributed by atoms with van der Waals surface area (Å²) in [5.74, 6) is 0. The van der Waals surface area contributed by atoms with Gasteiger partial charge in [0.15, 0.2) is 0 Å². The summed E-state index contributed by atoms with van der Waals surface area (Å²) in [6.45, 7) is 5.15. The number of aliphatic hydroxyl groups is 1. The summed E-state index contributed by atoms with van der Waals surface area (Å²) in [7, 11) is 0. The fourth-order valence-corrected chi connectivity index (χ4v) is 6.31. The normalized spacial score (nSPS) is 26.7. The number of amides is 2. The predicted molar refractivity (Wildman–Crippen MR) is 129 cm³/mol. The summed E-state index contributed by atoms with van der Waals surface area (Å²) < 4.78 is 1.60. The summed E-state index contributed by atoms with van der Waals surface area (Å²) in [5.41, 5.74) is -0.00733. The molecule has 2 amide bonds. The molecule has 1 saturated carbocycles. The van der Waals surface area contributed by atoms with Gasteiger partial charge >= 0.3 is 6.03 Å². The number of urea groups is 1. The van der Waals surface area contributed by atoms with Crippen LogP contribution in [0.25, 0.3) is 0 Å². The van der Waals surface area contributed by atoms with Crippen molar-refractivity contribution >= 4 is 6.03 Å². The topological polar surface area (TPSA) is 90.7 Å². The van der Waals surface area contributed by atoms with E-state index in [1.807, 2.05) is 28.0 Å². The van der Waals surface area contributed by atoms with Crippen molar-refractivity contribution in [2.45, 2.75) is 57.2 Å². The van der Waals surface area contributed by atoms with Crippen LogP contribution in [0.15, 0.2) is 47.5 Å². The Kier molecular flexibility index (Phi) is 6.20. The lowest BCUT2D eigenvalue weighted by atomic mass is 9.66. The molecule has 2 saturated heterocycles. The number of benzene rings is 1. The van der Waals surface area contributed by atoms with Crippen LogP contribution in [0.5, 0.6) is 0 Å². The van der Waals surface area contributed by atoms with Gasteiger partial charge in [-0.05, 0) is 31.7 Å². The first kappa shape index (κ1) is 23.1. The minimum absolute atomic E-state index is 0.00107. The van der Waals surface area contributed by atoms with Crippen molar-refractivity contribution in [1.82, 2.24) is 24.7 Å². The van der Waals surface area contributed by atoms with E-state index in [2.05, 4.69) is 22.4 Å². The maximum atomic E-state index is 13.8. The second-order valence-corrected chi connectivity index (χ2v) is 10.2. The molecule has 34 heavy (non-hydrogen) atoms. The van der Waals surface area contributed by atoms with Crippen LogP contribution in [-0.4, -0.2) is 68.8 Å². The SMILES string of the molecule is Cc1nccn(CC2(O)CCN(C(=O)N3CCNC[C@H]3c3ccccc3)CC23CCCC3)c1=O. The second kappa shape index (κ2) is 9.15. The van der Waals surface area contributed by atoms with Gasteiger partial charge in [-0.25, -0.2) is 4.79 Å². The number of aromatic nitrogens is 2. The Morgan fingerprint density at radius 2 is 1.94 bits per heavy atom. The van der Waals surface area contributed by atoms with Crippen molar-refractivity contribution in [3.8, 4) is 0 Å². The van der Waals surface area contributed by atoms with Gasteiger partial charge < -0.3 is 24.8 Å². The Labute approximate surface area is 200 Å². The number of carbonyl (C=O) groups is 1. The largest absolute Gasteiger partial charge is 0.387 e. The lowest BCUT2D eigenvalue weighted by Crippen LogP contribution is -2.64. The van der Waals surface area contributed by atoms with Crippen LogP contribution < -0.4 is 10.9 Å². The fourth-order valence-electron chi connectivity index (χ4n) is 6.31. The summed E-state index contributed by atoms with van der Waals surface area (Å²) in [6, 6.07) is 10.3. The molecule has 2 aliphatic heterocycles. The van der Waals surface area contributed by atoms with Crippen molar-refractivity contribution in [3.63, 3.8) is 0 Å². The number of piperidine rings is 1. The number of carbonyl (C=O) groups excluding carboxylic acids is 1. The molecule has 2 atom stereocenters. The monoisotopic (exact) mass is 465 g/mol. The molecule has 3 aliphatic rings. The minimum atomic E-state index is -1.03. The van der Waals surface area contributed by atoms with Crippen molar-refractivity contribution < 1.29 is 9.90 Å². The lowest BCUT2D eigenvalue weighted by Gasteiger charge is -2.53. The van der Waals surface area contributed by atoms with Gasteiger partial charge in [-0.2, -0.15) is 0 Å². The van der Waals surface area contributed by atoms with Crippen LogP contribution in [0.1, 0.15) is 49.4 Å². The van der Waals surface area contributed by atoms with E-state index >= 15 is 0 Å². The standard InChI is InChI=1S/C26H35N5O3/c1-20-23(32)29(15-13-28-20)19-26(34)11-14-30(18-25(26)9-5-6-10-25)24(33)31-16-12-27-17-22(31)21-7-3-2-4-8-21/h2-4,7-8,13,15,22,27,34H,5-6,9-12,14,16-19H2,1H3/t22-,26?/m0/s1. The molecule has 8 nitrogen and oxygen atoms in total. The Bertz CT molecular complexity index is 1080. The third-order valence-corrected chi connectivity index (χ3v) is 8.30. The molecule has 1 aliphatic carbocycles. The average molecular weight is 466 g/mol. The molecule has 1 aromatic carbocycles. The van der Waals surface area contributed by atoms with E-state index in [-0.39, 0.29) is 24.2 Å². The van der Waals surface area contributed by atoms with Crippen molar-refractivity contribution in [1.29, 1.82) is 0 Å². The number of piperazine rings is 1. The Morgan fingerprint density at radius 3 is 2.71 bits per heavy atom. The highest BCUT2D eigenvalue weighted by Gasteiger charge is 2.56. The zero-order chi connectivity index (χ0) is 23.8. The van der Waals surface area contributed by atoms with Gasteiger partial charge in [0.2, 0.25) is 0 Å². The molecule has 5 rings (SSSR count). The number of likely N-dealkylation sites (tertiary alicyclic amines) is 1. The third-order valence-electron chi connectivity index (χ3n) is 8.30. The zero-order valence-electron chi connectivity index (χ0n) is 19.9. The van der Waals surface area contributed by atoms with Crippen LogP contribution in [0, 0.1) is 12.3 Å². The Morgan fingerprint density at radius 1 is 1.18 bits per heavy atom. The highest BCUT2D eigenvalue weighted by molar-refractivity contribution is 5.75. The molecule has 3 fully saturated rings. The summed E-state index contributed by atoms with van der Waals surface area (Å²) in [6.07, 6.45) is 7.57. The first-order valence-corrected chi connectivity index (χ1v) is 12.5. The smallest absolute Gasteiger partial charge is 0.320 e. The first-order valence-electron chi connectivity index (χ1n) is 12.5. The highest BCUT2D eigenvalue weighted by Crippen LogP contribution is 2.51. The maximum absolute atomic E-state index is 13.8. The van der Waals surface area contributed by atoms with Gasteiger partial charge in [0.25, 0.3) is 5.56 Å². The molecule has 2 aromatic rings. The van der Waals surface area contributed by atoms with Gasteiger partial charge in [-0.1, -0.05) is 43.2 Å². The minimum Gasteiger partial charge on any atom is -0.387 e. The summed E-state index contributed by atoms with van der Waals surface area (Å²) in [5, 5.41) is 15.4. The quantitative estimate of drug-likeness (QED) is 0.726. The van der Waals surface area contributed by atoms with E-state index in [9.17, 15) is 14.7 Å². The van der Waals surface area contributed by atoms with E-state index in [1.54, 1.807) is 23.9 Å². The van der Waals surface area contributed by atoms with Crippen molar-refractivity contribution in [2.24, 2.45) is 5.41 Å². The number of nitrogens with zero attached hydrogens (tertiary/aromatic N) is 4. The number of rotatable bonds is 3. The first-order chi connectivity index (χ1) is 16.4. The maximum Gasteiger partial charge on any atom is 0.320 e. The Balaban J connectivity index is 1.39. The van der Waals surface area contributed by atoms with Crippen molar-refractivity contribution in [2.75, 3.05) is 32.7 Å². The number of hydrogen-bond donors (Lipinski definition) is 2. The molecule has 8 heteroatoms. The average Bonchev–Trinajstić information content (AvgIpc) is 3.34. The van der Waals surface area contributed by atoms with Crippen LogP contribution >= 0.6 is 0 Å². The van der Waals surface area contributed by atoms with Gasteiger partial charge in [0.05, 0.1) is 18.2 Å². The van der Waals surface area contributed by atoms with Crippen molar-refractivity contribution in [3.05, 3.63) is 64.3 Å². The molecule has 0 radical (unpaired) electrons. The van der Waals surface area contributed by atoms with Crippen LogP contribution in [0.2, 0.25) is 0 Å². The summed E-state index contributed by atoms with van der Waals surface area (Å²) >= 11 is 0. The predicted octanol–water partition coefficient (Wildman–Crippen LogP) is 2.32. The lowest BCUT2D eigenvalue weighted by molar-refractivity contribution is -0.136. The Hall–Kier alpha value is -2.71. The van der Waals surface area contributed by atoms with E-state index in [4.69, 9.17) is 0 Å². The summed E-state index contributed by atoms with van der Waals surface area (Å²) in [4.78, 5) is 34.5. The molecule has 0 bridgehead atoms. The van der Waals surface area contributed by atoms with Gasteiger partial charge in [-0.3, -0.25) is 9.78 Å². The molecule has 2 N–H and O–H groups in total. The molecule has 182 valence electrons. The van der Waals surface area contributed by atoms with E-state index < -0.39 is 11.0 Å². The number of nitrogens with one attached hydrogen (secondary N) is 1. The van der Waals surface area contributed by atoms with E-state index in [1.165, 1.54) is 0 Å². The highest BCUT2D eigenvalue weighted by atomic mass is 16.3.